The highest BCUT2D eigenvalue weighted by Gasteiger charge is 2.08. The van der Waals surface area contributed by atoms with Gasteiger partial charge in [-0.2, -0.15) is 0 Å². The maximum atomic E-state index is 12.4. The Morgan fingerprint density at radius 2 is 1.71 bits per heavy atom. The van der Waals surface area contributed by atoms with E-state index in [1.807, 2.05) is 42.5 Å². The van der Waals surface area contributed by atoms with Gasteiger partial charge in [-0.25, -0.2) is 0 Å². The molecule has 2 aromatic carbocycles. The zero-order chi connectivity index (χ0) is 16.9. The number of rotatable bonds is 4. The number of anilines is 3. The van der Waals surface area contributed by atoms with E-state index < -0.39 is 0 Å². The van der Waals surface area contributed by atoms with Crippen LogP contribution < -0.4 is 10.6 Å². The summed E-state index contributed by atoms with van der Waals surface area (Å²) in [5.41, 5.74) is 5.45. The topological polar surface area (TPSA) is 54.0 Å². The second-order valence-corrected chi connectivity index (χ2v) is 5.65. The number of aromatic nitrogens is 1. The lowest BCUT2D eigenvalue weighted by Crippen LogP contribution is -2.12. The third-order valence-corrected chi connectivity index (χ3v) is 3.92. The molecule has 3 aromatic rings. The maximum Gasteiger partial charge on any atom is 0.257 e. The number of carbonyl (C=O) groups is 1. The average Bonchev–Trinajstić information content (AvgIpc) is 2.60. The Hall–Kier alpha value is -3.14. The number of amides is 1. The smallest absolute Gasteiger partial charge is 0.257 e. The summed E-state index contributed by atoms with van der Waals surface area (Å²) in [5, 5.41) is 6.19. The third-order valence-electron chi connectivity index (χ3n) is 3.92. The van der Waals surface area contributed by atoms with E-state index in [0.29, 0.717) is 5.56 Å². The van der Waals surface area contributed by atoms with Crippen LogP contribution in [-0.4, -0.2) is 10.9 Å². The molecule has 1 heterocycles. The molecule has 0 saturated heterocycles. The Kier molecular flexibility index (Phi) is 4.57. The van der Waals surface area contributed by atoms with Crippen molar-refractivity contribution in [2.24, 2.45) is 0 Å². The number of hydrogen-bond acceptors (Lipinski definition) is 3. The Morgan fingerprint density at radius 1 is 0.917 bits per heavy atom. The Morgan fingerprint density at radius 3 is 2.50 bits per heavy atom. The van der Waals surface area contributed by atoms with Gasteiger partial charge in [0.25, 0.3) is 5.91 Å². The minimum atomic E-state index is -0.182. The second kappa shape index (κ2) is 6.96. The number of benzene rings is 2. The summed E-state index contributed by atoms with van der Waals surface area (Å²) >= 11 is 0. The van der Waals surface area contributed by atoms with Crippen molar-refractivity contribution >= 4 is 23.0 Å². The lowest BCUT2D eigenvalue weighted by Gasteiger charge is -2.12. The molecule has 1 amide bonds. The summed E-state index contributed by atoms with van der Waals surface area (Å²) in [6.07, 6.45) is 3.27. The van der Waals surface area contributed by atoms with Crippen molar-refractivity contribution in [1.29, 1.82) is 0 Å². The van der Waals surface area contributed by atoms with Crippen LogP contribution in [0.1, 0.15) is 21.5 Å². The first-order valence-electron chi connectivity index (χ1n) is 7.78. The van der Waals surface area contributed by atoms with E-state index in [-0.39, 0.29) is 5.91 Å². The normalized spacial score (nSPS) is 10.2. The fraction of sp³-hybridized carbons (Fsp3) is 0.100. The maximum absolute atomic E-state index is 12.4. The van der Waals surface area contributed by atoms with Crippen LogP contribution in [-0.2, 0) is 0 Å². The molecule has 0 bridgehead atoms. The number of pyridine rings is 1. The van der Waals surface area contributed by atoms with Crippen molar-refractivity contribution in [1.82, 2.24) is 4.98 Å². The summed E-state index contributed by atoms with van der Waals surface area (Å²) in [6.45, 7) is 4.14. The SMILES string of the molecule is Cc1cccc(Nc2cncc(C(=O)Nc3ccccc3)c2)c1C. The third kappa shape index (κ3) is 3.60. The molecule has 0 radical (unpaired) electrons. The zero-order valence-electron chi connectivity index (χ0n) is 13.7. The van der Waals surface area contributed by atoms with Gasteiger partial charge in [-0.05, 0) is 49.2 Å². The molecule has 0 aliphatic carbocycles. The average molecular weight is 317 g/mol. The van der Waals surface area contributed by atoms with Crippen molar-refractivity contribution in [3.05, 3.63) is 83.7 Å². The largest absolute Gasteiger partial charge is 0.354 e. The predicted molar refractivity (Wildman–Crippen MR) is 97.8 cm³/mol. The van der Waals surface area contributed by atoms with Crippen LogP contribution in [0.15, 0.2) is 67.0 Å². The first-order chi connectivity index (χ1) is 11.6. The van der Waals surface area contributed by atoms with Gasteiger partial charge in [-0.3, -0.25) is 9.78 Å². The van der Waals surface area contributed by atoms with Gasteiger partial charge in [-0.15, -0.1) is 0 Å². The Bertz CT molecular complexity index is 860. The van der Waals surface area contributed by atoms with Crippen LogP contribution in [0, 0.1) is 13.8 Å². The molecular weight excluding hydrogens is 298 g/mol. The summed E-state index contributed by atoms with van der Waals surface area (Å²) in [7, 11) is 0. The lowest BCUT2D eigenvalue weighted by atomic mass is 10.1. The van der Waals surface area contributed by atoms with Crippen molar-refractivity contribution < 1.29 is 4.79 Å². The predicted octanol–water partition coefficient (Wildman–Crippen LogP) is 4.69. The van der Waals surface area contributed by atoms with E-state index in [0.717, 1.165) is 17.1 Å². The Balaban J connectivity index is 1.79. The van der Waals surface area contributed by atoms with E-state index in [1.54, 1.807) is 18.5 Å². The molecule has 0 fully saturated rings. The van der Waals surface area contributed by atoms with E-state index in [2.05, 4.69) is 35.5 Å². The molecule has 120 valence electrons. The minimum Gasteiger partial charge on any atom is -0.354 e. The van der Waals surface area contributed by atoms with Crippen LogP contribution >= 0.6 is 0 Å². The van der Waals surface area contributed by atoms with Crippen LogP contribution in [0.3, 0.4) is 0 Å². The summed E-state index contributed by atoms with van der Waals surface area (Å²) < 4.78 is 0. The molecule has 24 heavy (non-hydrogen) atoms. The quantitative estimate of drug-likeness (QED) is 0.733. The first kappa shape index (κ1) is 15.7. The summed E-state index contributed by atoms with van der Waals surface area (Å²) in [4.78, 5) is 16.5. The lowest BCUT2D eigenvalue weighted by molar-refractivity contribution is 0.102. The molecule has 3 rings (SSSR count). The highest BCUT2D eigenvalue weighted by atomic mass is 16.1. The van der Waals surface area contributed by atoms with Gasteiger partial charge in [0.05, 0.1) is 17.4 Å². The van der Waals surface area contributed by atoms with Crippen molar-refractivity contribution in [2.75, 3.05) is 10.6 Å². The second-order valence-electron chi connectivity index (χ2n) is 5.65. The van der Waals surface area contributed by atoms with Gasteiger partial charge in [0.1, 0.15) is 0 Å². The standard InChI is InChI=1S/C20H19N3O/c1-14-7-6-10-19(15(14)2)22-18-11-16(12-21-13-18)20(24)23-17-8-4-3-5-9-17/h3-13,22H,1-2H3,(H,23,24). The molecule has 4 nitrogen and oxygen atoms in total. The van der Waals surface area contributed by atoms with Gasteiger partial charge in [0.2, 0.25) is 0 Å². The summed E-state index contributed by atoms with van der Waals surface area (Å²) in [5.74, 6) is -0.182. The molecule has 0 aliphatic heterocycles. The van der Waals surface area contributed by atoms with Crippen LogP contribution in [0.4, 0.5) is 17.1 Å². The molecule has 0 aliphatic rings. The van der Waals surface area contributed by atoms with Crippen molar-refractivity contribution in [2.45, 2.75) is 13.8 Å². The number of nitrogens with zero attached hydrogens (tertiary/aromatic N) is 1. The van der Waals surface area contributed by atoms with Crippen molar-refractivity contribution in [3.63, 3.8) is 0 Å². The fourth-order valence-electron chi connectivity index (χ4n) is 2.40. The summed E-state index contributed by atoms with van der Waals surface area (Å²) in [6, 6.07) is 17.3. The number of aryl methyl sites for hydroxylation is 1. The molecular formula is C20H19N3O. The number of carbonyl (C=O) groups excluding carboxylic acids is 1. The molecule has 0 saturated carbocycles. The molecule has 1 aromatic heterocycles. The molecule has 0 unspecified atom stereocenters. The van der Waals surface area contributed by atoms with Crippen LogP contribution in [0.5, 0.6) is 0 Å². The van der Waals surface area contributed by atoms with Gasteiger partial charge in [-0.1, -0.05) is 30.3 Å². The van der Waals surface area contributed by atoms with Crippen LogP contribution in [0.2, 0.25) is 0 Å². The van der Waals surface area contributed by atoms with Gasteiger partial charge in [0.15, 0.2) is 0 Å². The molecule has 4 heteroatoms. The Labute approximate surface area is 141 Å². The number of nitrogens with one attached hydrogen (secondary N) is 2. The monoisotopic (exact) mass is 317 g/mol. The minimum absolute atomic E-state index is 0.182. The highest BCUT2D eigenvalue weighted by Crippen LogP contribution is 2.23. The fourth-order valence-corrected chi connectivity index (χ4v) is 2.40. The van der Waals surface area contributed by atoms with Crippen LogP contribution in [0.25, 0.3) is 0 Å². The highest BCUT2D eigenvalue weighted by molar-refractivity contribution is 6.04. The van der Waals surface area contributed by atoms with E-state index in [1.165, 1.54) is 11.1 Å². The van der Waals surface area contributed by atoms with Crippen molar-refractivity contribution in [3.8, 4) is 0 Å². The first-order valence-corrected chi connectivity index (χ1v) is 7.78. The van der Waals surface area contributed by atoms with E-state index in [4.69, 9.17) is 0 Å². The van der Waals surface area contributed by atoms with E-state index >= 15 is 0 Å². The van der Waals surface area contributed by atoms with Gasteiger partial charge in [0, 0.05) is 17.6 Å². The molecule has 0 atom stereocenters. The van der Waals surface area contributed by atoms with E-state index in [9.17, 15) is 4.79 Å². The van der Waals surface area contributed by atoms with Gasteiger partial charge >= 0.3 is 0 Å². The molecule has 2 N–H and O–H groups in total. The number of hydrogen-bond donors (Lipinski definition) is 2. The van der Waals surface area contributed by atoms with Gasteiger partial charge < -0.3 is 10.6 Å². The number of para-hydroxylation sites is 1. The zero-order valence-corrected chi connectivity index (χ0v) is 13.7. The molecule has 0 spiro atoms.